The van der Waals surface area contributed by atoms with Gasteiger partial charge < -0.3 is 9.84 Å². The number of ether oxygens (including phenoxy) is 1. The van der Waals surface area contributed by atoms with Crippen molar-refractivity contribution in [1.82, 2.24) is 4.98 Å². The molecule has 0 saturated carbocycles. The SMILES string of the molecule is CC[C@@H](C)Oc1ccc(-c2ccnc(C(=O)O)c2)cc1Cl. The van der Waals surface area contributed by atoms with Gasteiger partial charge in [0.1, 0.15) is 11.4 Å². The van der Waals surface area contributed by atoms with E-state index in [1.807, 2.05) is 19.9 Å². The quantitative estimate of drug-likeness (QED) is 0.895. The summed E-state index contributed by atoms with van der Waals surface area (Å²) in [5.41, 5.74) is 1.57. The normalized spacial score (nSPS) is 12.0. The number of rotatable bonds is 5. The third-order valence-electron chi connectivity index (χ3n) is 3.15. The van der Waals surface area contributed by atoms with E-state index >= 15 is 0 Å². The lowest BCUT2D eigenvalue weighted by molar-refractivity contribution is 0.0690. The van der Waals surface area contributed by atoms with Crippen molar-refractivity contribution in [2.75, 3.05) is 0 Å². The number of hydrogen-bond acceptors (Lipinski definition) is 3. The van der Waals surface area contributed by atoms with Crippen LogP contribution in [-0.4, -0.2) is 22.2 Å². The summed E-state index contributed by atoms with van der Waals surface area (Å²) < 4.78 is 5.71. The molecule has 0 aliphatic rings. The molecule has 0 aliphatic carbocycles. The Balaban J connectivity index is 2.31. The molecule has 1 atom stereocenters. The Morgan fingerprint density at radius 1 is 1.33 bits per heavy atom. The first-order valence-electron chi connectivity index (χ1n) is 6.67. The highest BCUT2D eigenvalue weighted by Gasteiger charge is 2.10. The second kappa shape index (κ2) is 6.59. The summed E-state index contributed by atoms with van der Waals surface area (Å²) >= 11 is 6.23. The average Bonchev–Trinajstić information content (AvgIpc) is 2.49. The number of benzene rings is 1. The summed E-state index contributed by atoms with van der Waals surface area (Å²) in [6.45, 7) is 4.02. The fourth-order valence-corrected chi connectivity index (χ4v) is 2.03. The van der Waals surface area contributed by atoms with Crippen LogP contribution in [0.2, 0.25) is 5.02 Å². The maximum Gasteiger partial charge on any atom is 0.354 e. The van der Waals surface area contributed by atoms with Crippen LogP contribution in [-0.2, 0) is 0 Å². The van der Waals surface area contributed by atoms with Gasteiger partial charge in [-0.2, -0.15) is 0 Å². The van der Waals surface area contributed by atoms with E-state index < -0.39 is 5.97 Å². The van der Waals surface area contributed by atoms with E-state index in [2.05, 4.69) is 4.98 Å². The Bertz CT molecular complexity index is 658. The highest BCUT2D eigenvalue weighted by molar-refractivity contribution is 6.32. The number of nitrogens with zero attached hydrogens (tertiary/aromatic N) is 1. The number of carboxylic acids is 1. The Morgan fingerprint density at radius 3 is 2.67 bits per heavy atom. The number of carbonyl (C=O) groups is 1. The summed E-state index contributed by atoms with van der Waals surface area (Å²) in [5.74, 6) is -0.429. The zero-order chi connectivity index (χ0) is 15.4. The van der Waals surface area contributed by atoms with E-state index in [1.165, 1.54) is 12.3 Å². The Kier molecular flexibility index (Phi) is 4.81. The third-order valence-corrected chi connectivity index (χ3v) is 3.44. The van der Waals surface area contributed by atoms with Gasteiger partial charge in [-0.1, -0.05) is 24.6 Å². The van der Waals surface area contributed by atoms with Gasteiger partial charge in [-0.05, 0) is 48.7 Å². The van der Waals surface area contributed by atoms with Gasteiger partial charge in [0, 0.05) is 6.20 Å². The summed E-state index contributed by atoms with van der Waals surface area (Å²) in [6, 6.07) is 8.67. The molecule has 0 saturated heterocycles. The number of pyridine rings is 1. The Morgan fingerprint density at radius 2 is 2.05 bits per heavy atom. The molecule has 5 heteroatoms. The van der Waals surface area contributed by atoms with Gasteiger partial charge in [0.25, 0.3) is 0 Å². The van der Waals surface area contributed by atoms with Crippen LogP contribution in [0.3, 0.4) is 0 Å². The highest BCUT2D eigenvalue weighted by Crippen LogP contribution is 2.31. The van der Waals surface area contributed by atoms with Crippen molar-refractivity contribution >= 4 is 17.6 Å². The first kappa shape index (κ1) is 15.3. The maximum atomic E-state index is 11.0. The molecule has 0 aliphatic heterocycles. The van der Waals surface area contributed by atoms with E-state index in [0.29, 0.717) is 10.8 Å². The van der Waals surface area contributed by atoms with Gasteiger partial charge in [-0.25, -0.2) is 9.78 Å². The molecule has 1 N–H and O–H groups in total. The lowest BCUT2D eigenvalue weighted by Crippen LogP contribution is -2.09. The van der Waals surface area contributed by atoms with E-state index in [0.717, 1.165) is 17.5 Å². The van der Waals surface area contributed by atoms with Crippen LogP contribution in [0.5, 0.6) is 5.75 Å². The number of aromatic carboxylic acids is 1. The van der Waals surface area contributed by atoms with Crippen molar-refractivity contribution in [1.29, 1.82) is 0 Å². The first-order chi connectivity index (χ1) is 10.0. The lowest BCUT2D eigenvalue weighted by Gasteiger charge is -2.14. The van der Waals surface area contributed by atoms with E-state index in [9.17, 15) is 4.79 Å². The smallest absolute Gasteiger partial charge is 0.354 e. The van der Waals surface area contributed by atoms with E-state index in [-0.39, 0.29) is 11.8 Å². The molecule has 1 aromatic carbocycles. The molecule has 0 amide bonds. The number of hydrogen-bond donors (Lipinski definition) is 1. The van der Waals surface area contributed by atoms with Crippen molar-refractivity contribution in [3.8, 4) is 16.9 Å². The first-order valence-corrected chi connectivity index (χ1v) is 7.05. The van der Waals surface area contributed by atoms with E-state index in [1.54, 1.807) is 18.2 Å². The van der Waals surface area contributed by atoms with Crippen molar-refractivity contribution in [2.45, 2.75) is 26.4 Å². The molecule has 0 radical (unpaired) electrons. The molecule has 0 unspecified atom stereocenters. The van der Waals surface area contributed by atoms with Gasteiger partial charge in [-0.15, -0.1) is 0 Å². The molecular weight excluding hydrogens is 290 g/mol. The fraction of sp³-hybridized carbons (Fsp3) is 0.250. The zero-order valence-electron chi connectivity index (χ0n) is 11.8. The topological polar surface area (TPSA) is 59.4 Å². The maximum absolute atomic E-state index is 11.0. The minimum absolute atomic E-state index is 0.00329. The van der Waals surface area contributed by atoms with Crippen LogP contribution >= 0.6 is 11.6 Å². The number of carboxylic acid groups (broad SMARTS) is 1. The largest absolute Gasteiger partial charge is 0.489 e. The summed E-state index contributed by atoms with van der Waals surface area (Å²) in [5, 5.41) is 9.47. The molecule has 110 valence electrons. The molecule has 21 heavy (non-hydrogen) atoms. The number of aromatic nitrogens is 1. The molecule has 1 aromatic heterocycles. The van der Waals surface area contributed by atoms with Gasteiger partial charge in [-0.3, -0.25) is 0 Å². The molecule has 1 heterocycles. The molecule has 0 fully saturated rings. The van der Waals surface area contributed by atoms with Crippen LogP contribution in [0.1, 0.15) is 30.8 Å². The van der Waals surface area contributed by atoms with Crippen molar-refractivity contribution in [3.63, 3.8) is 0 Å². The van der Waals surface area contributed by atoms with Crippen molar-refractivity contribution in [3.05, 3.63) is 47.2 Å². The fourth-order valence-electron chi connectivity index (χ4n) is 1.80. The standard InChI is InChI=1S/C16H16ClNO3/c1-3-10(2)21-15-5-4-11(8-13(15)17)12-6-7-18-14(9-12)16(19)20/h4-10H,3H2,1-2H3,(H,19,20)/t10-/m1/s1. The van der Waals surface area contributed by atoms with Gasteiger partial charge in [0.15, 0.2) is 0 Å². The summed E-state index contributed by atoms with van der Waals surface area (Å²) in [7, 11) is 0. The van der Waals surface area contributed by atoms with Gasteiger partial charge in [0.2, 0.25) is 0 Å². The predicted molar refractivity (Wildman–Crippen MR) is 82.0 cm³/mol. The summed E-state index contributed by atoms with van der Waals surface area (Å²) in [6.07, 6.45) is 2.45. The monoisotopic (exact) mass is 305 g/mol. The van der Waals surface area contributed by atoms with Crippen LogP contribution in [0, 0.1) is 0 Å². The Labute approximate surface area is 128 Å². The van der Waals surface area contributed by atoms with Crippen LogP contribution in [0.4, 0.5) is 0 Å². The minimum atomic E-state index is -1.06. The van der Waals surface area contributed by atoms with Crippen LogP contribution in [0.25, 0.3) is 11.1 Å². The Hall–Kier alpha value is -2.07. The molecule has 0 bridgehead atoms. The summed E-state index contributed by atoms with van der Waals surface area (Å²) in [4.78, 5) is 14.7. The highest BCUT2D eigenvalue weighted by atomic mass is 35.5. The van der Waals surface area contributed by atoms with Crippen LogP contribution < -0.4 is 4.74 Å². The second-order valence-electron chi connectivity index (χ2n) is 4.72. The average molecular weight is 306 g/mol. The molecule has 2 rings (SSSR count). The van der Waals surface area contributed by atoms with Crippen molar-refractivity contribution < 1.29 is 14.6 Å². The predicted octanol–water partition coefficient (Wildman–Crippen LogP) is 4.28. The molecule has 2 aromatic rings. The van der Waals surface area contributed by atoms with Crippen LogP contribution in [0.15, 0.2) is 36.5 Å². The third kappa shape index (κ3) is 3.73. The minimum Gasteiger partial charge on any atom is -0.489 e. The van der Waals surface area contributed by atoms with Gasteiger partial charge >= 0.3 is 5.97 Å². The zero-order valence-corrected chi connectivity index (χ0v) is 12.6. The molecular formula is C16H16ClNO3. The molecule has 4 nitrogen and oxygen atoms in total. The molecule has 0 spiro atoms. The second-order valence-corrected chi connectivity index (χ2v) is 5.12. The van der Waals surface area contributed by atoms with Gasteiger partial charge in [0.05, 0.1) is 11.1 Å². The van der Waals surface area contributed by atoms with Crippen molar-refractivity contribution in [2.24, 2.45) is 0 Å². The number of halogens is 1. The lowest BCUT2D eigenvalue weighted by atomic mass is 10.1. The van der Waals surface area contributed by atoms with E-state index in [4.69, 9.17) is 21.4 Å².